The number of aromatic nitrogens is 1. The average molecular weight is 396 g/mol. The second-order valence-electron chi connectivity index (χ2n) is 6.80. The fourth-order valence-electron chi connectivity index (χ4n) is 3.64. The maximum Gasteiger partial charge on any atom is 0.123 e. The van der Waals surface area contributed by atoms with Gasteiger partial charge in [-0.05, 0) is 30.3 Å². The predicted octanol–water partition coefficient (Wildman–Crippen LogP) is 3.97. The Morgan fingerprint density at radius 1 is 1.11 bits per heavy atom. The number of benzene rings is 2. The Morgan fingerprint density at radius 3 is 2.71 bits per heavy atom. The van der Waals surface area contributed by atoms with E-state index >= 15 is 0 Å². The van der Waals surface area contributed by atoms with Crippen molar-refractivity contribution in [3.63, 3.8) is 0 Å². The number of hydrogen-bond donors (Lipinski definition) is 1. The highest BCUT2D eigenvalue weighted by Crippen LogP contribution is 2.32. The number of methoxy groups -OCH3 is 2. The SMILES string of the molecule is COc1ccc(-c2nc(CN3CCNCC3c3ccccc3OC)cs2)cc1. The molecule has 1 atom stereocenters. The molecule has 28 heavy (non-hydrogen) atoms. The summed E-state index contributed by atoms with van der Waals surface area (Å²) < 4.78 is 10.8. The normalized spacial score (nSPS) is 17.4. The number of thiazole rings is 1. The van der Waals surface area contributed by atoms with Gasteiger partial charge in [-0.2, -0.15) is 0 Å². The smallest absolute Gasteiger partial charge is 0.123 e. The number of nitrogens with zero attached hydrogens (tertiary/aromatic N) is 2. The second-order valence-corrected chi connectivity index (χ2v) is 7.66. The van der Waals surface area contributed by atoms with E-state index in [0.29, 0.717) is 0 Å². The molecule has 0 bridgehead atoms. The van der Waals surface area contributed by atoms with Gasteiger partial charge in [0.1, 0.15) is 16.5 Å². The quantitative estimate of drug-likeness (QED) is 0.684. The third-order valence-corrected chi connectivity index (χ3v) is 6.05. The van der Waals surface area contributed by atoms with Crippen molar-refractivity contribution >= 4 is 11.3 Å². The molecule has 1 aliphatic heterocycles. The maximum absolute atomic E-state index is 5.60. The van der Waals surface area contributed by atoms with Crippen molar-refractivity contribution < 1.29 is 9.47 Å². The van der Waals surface area contributed by atoms with E-state index in [1.54, 1.807) is 25.6 Å². The first-order valence-electron chi connectivity index (χ1n) is 9.45. The van der Waals surface area contributed by atoms with Crippen molar-refractivity contribution in [2.75, 3.05) is 33.9 Å². The van der Waals surface area contributed by atoms with Crippen LogP contribution in [0.2, 0.25) is 0 Å². The van der Waals surface area contributed by atoms with Crippen LogP contribution < -0.4 is 14.8 Å². The lowest BCUT2D eigenvalue weighted by atomic mass is 10.0. The van der Waals surface area contributed by atoms with Crippen LogP contribution in [0.1, 0.15) is 17.3 Å². The summed E-state index contributed by atoms with van der Waals surface area (Å²) in [5, 5.41) is 6.73. The van der Waals surface area contributed by atoms with Gasteiger partial charge in [-0.25, -0.2) is 4.98 Å². The third-order valence-electron chi connectivity index (χ3n) is 5.11. The standard InChI is InChI=1S/C22H25N3O2S/c1-26-18-9-7-16(8-10-18)22-24-17(15-28-22)14-25-12-11-23-13-20(25)19-5-3-4-6-21(19)27-2/h3-10,15,20,23H,11-14H2,1-2H3. The number of para-hydroxylation sites is 1. The molecule has 4 rings (SSSR count). The van der Waals surface area contributed by atoms with Gasteiger partial charge in [-0.1, -0.05) is 18.2 Å². The van der Waals surface area contributed by atoms with Crippen LogP contribution in [0.5, 0.6) is 11.5 Å². The van der Waals surface area contributed by atoms with Crippen LogP contribution in [-0.4, -0.2) is 43.7 Å². The molecule has 5 nitrogen and oxygen atoms in total. The first kappa shape index (κ1) is 18.9. The number of piperazine rings is 1. The molecule has 146 valence electrons. The molecule has 1 aromatic heterocycles. The number of ether oxygens (including phenoxy) is 2. The summed E-state index contributed by atoms with van der Waals surface area (Å²) >= 11 is 1.69. The molecule has 0 spiro atoms. The highest BCUT2D eigenvalue weighted by atomic mass is 32.1. The van der Waals surface area contributed by atoms with Crippen molar-refractivity contribution in [2.45, 2.75) is 12.6 Å². The van der Waals surface area contributed by atoms with E-state index < -0.39 is 0 Å². The predicted molar refractivity (Wildman–Crippen MR) is 113 cm³/mol. The summed E-state index contributed by atoms with van der Waals surface area (Å²) in [4.78, 5) is 7.37. The molecule has 0 aliphatic carbocycles. The molecule has 0 amide bonds. The molecule has 0 saturated carbocycles. The van der Waals surface area contributed by atoms with E-state index in [-0.39, 0.29) is 6.04 Å². The lowest BCUT2D eigenvalue weighted by Crippen LogP contribution is -2.45. The fourth-order valence-corrected chi connectivity index (χ4v) is 4.45. The van der Waals surface area contributed by atoms with Gasteiger partial charge in [-0.15, -0.1) is 11.3 Å². The van der Waals surface area contributed by atoms with Gasteiger partial charge in [0.15, 0.2) is 0 Å². The summed E-state index contributed by atoms with van der Waals surface area (Å²) in [7, 11) is 3.42. The van der Waals surface area contributed by atoms with Gasteiger partial charge in [-0.3, -0.25) is 4.90 Å². The first-order chi connectivity index (χ1) is 13.8. The second kappa shape index (κ2) is 8.73. The monoisotopic (exact) mass is 395 g/mol. The van der Waals surface area contributed by atoms with E-state index in [9.17, 15) is 0 Å². The minimum absolute atomic E-state index is 0.274. The van der Waals surface area contributed by atoms with Gasteiger partial charge in [0.2, 0.25) is 0 Å². The van der Waals surface area contributed by atoms with Crippen molar-refractivity contribution in [1.29, 1.82) is 0 Å². The van der Waals surface area contributed by atoms with Gasteiger partial charge >= 0.3 is 0 Å². The summed E-state index contributed by atoms with van der Waals surface area (Å²) in [6, 6.07) is 16.6. The highest BCUT2D eigenvalue weighted by molar-refractivity contribution is 7.13. The third kappa shape index (κ3) is 4.04. The van der Waals surface area contributed by atoms with Crippen LogP contribution in [0, 0.1) is 0 Å². The Morgan fingerprint density at radius 2 is 1.93 bits per heavy atom. The van der Waals surface area contributed by atoms with E-state index in [0.717, 1.165) is 53.9 Å². The zero-order valence-corrected chi connectivity index (χ0v) is 17.0. The van der Waals surface area contributed by atoms with Crippen LogP contribution in [0.3, 0.4) is 0 Å². The molecule has 1 aliphatic rings. The molecular formula is C22H25N3O2S. The molecule has 1 saturated heterocycles. The topological polar surface area (TPSA) is 46.6 Å². The summed E-state index contributed by atoms with van der Waals surface area (Å²) in [5.41, 5.74) is 3.46. The molecule has 1 unspecified atom stereocenters. The maximum atomic E-state index is 5.60. The molecule has 0 radical (unpaired) electrons. The van der Waals surface area contributed by atoms with Gasteiger partial charge < -0.3 is 14.8 Å². The Kier molecular flexibility index (Phi) is 5.90. The molecule has 1 N–H and O–H groups in total. The molecule has 6 heteroatoms. The van der Waals surface area contributed by atoms with Crippen LogP contribution in [0.25, 0.3) is 10.6 Å². The van der Waals surface area contributed by atoms with E-state index in [1.165, 1.54) is 5.56 Å². The van der Waals surface area contributed by atoms with Crippen molar-refractivity contribution in [1.82, 2.24) is 15.2 Å². The number of hydrogen-bond acceptors (Lipinski definition) is 6. The van der Waals surface area contributed by atoms with E-state index in [1.807, 2.05) is 24.3 Å². The Hall–Kier alpha value is -2.41. The zero-order chi connectivity index (χ0) is 19.3. The number of nitrogens with one attached hydrogen (secondary N) is 1. The Labute approximate surface area is 169 Å². The summed E-state index contributed by atoms with van der Waals surface area (Å²) in [6.45, 7) is 3.71. The van der Waals surface area contributed by atoms with Gasteiger partial charge in [0.25, 0.3) is 0 Å². The average Bonchev–Trinajstić information content (AvgIpc) is 3.23. The van der Waals surface area contributed by atoms with E-state index in [4.69, 9.17) is 14.5 Å². The Balaban J connectivity index is 1.53. The summed E-state index contributed by atoms with van der Waals surface area (Å²) in [5.74, 6) is 1.80. The lowest BCUT2D eigenvalue weighted by Gasteiger charge is -2.36. The highest BCUT2D eigenvalue weighted by Gasteiger charge is 2.26. The summed E-state index contributed by atoms with van der Waals surface area (Å²) in [6.07, 6.45) is 0. The van der Waals surface area contributed by atoms with Crippen LogP contribution in [-0.2, 0) is 6.54 Å². The van der Waals surface area contributed by atoms with Crippen LogP contribution >= 0.6 is 11.3 Å². The molecule has 2 heterocycles. The van der Waals surface area contributed by atoms with Crippen LogP contribution in [0.15, 0.2) is 53.9 Å². The minimum atomic E-state index is 0.274. The lowest BCUT2D eigenvalue weighted by molar-refractivity contribution is 0.149. The molecule has 3 aromatic rings. The fraction of sp³-hybridized carbons (Fsp3) is 0.318. The molecule has 2 aromatic carbocycles. The first-order valence-corrected chi connectivity index (χ1v) is 10.3. The number of rotatable bonds is 6. The van der Waals surface area contributed by atoms with Crippen molar-refractivity contribution in [3.05, 3.63) is 65.2 Å². The van der Waals surface area contributed by atoms with Crippen LogP contribution in [0.4, 0.5) is 0 Å². The van der Waals surface area contributed by atoms with Gasteiger partial charge in [0, 0.05) is 42.7 Å². The van der Waals surface area contributed by atoms with E-state index in [2.05, 4.69) is 39.9 Å². The molecule has 1 fully saturated rings. The van der Waals surface area contributed by atoms with Gasteiger partial charge in [0.05, 0.1) is 26.0 Å². The zero-order valence-electron chi connectivity index (χ0n) is 16.2. The Bertz CT molecular complexity index is 910. The minimum Gasteiger partial charge on any atom is -0.497 e. The largest absolute Gasteiger partial charge is 0.497 e. The molecular weight excluding hydrogens is 370 g/mol. The van der Waals surface area contributed by atoms with Crippen molar-refractivity contribution in [3.8, 4) is 22.1 Å². The van der Waals surface area contributed by atoms with Crippen molar-refractivity contribution in [2.24, 2.45) is 0 Å².